The molecular formula is C25H26BrNO4. The van der Waals surface area contributed by atoms with Crippen LogP contribution in [0.15, 0.2) is 76.5 Å². The third kappa shape index (κ3) is 5.71. The number of carbonyl (C=O) groups excluding carboxylic acids is 2. The number of carbonyl (C=O) groups is 2. The van der Waals surface area contributed by atoms with Crippen molar-refractivity contribution in [2.24, 2.45) is 0 Å². The number of rotatable bonds is 9. The summed E-state index contributed by atoms with van der Waals surface area (Å²) in [7, 11) is 0. The molecule has 0 bridgehead atoms. The molecule has 0 saturated heterocycles. The molecule has 1 amide bonds. The normalized spacial score (nSPS) is 16.7. The van der Waals surface area contributed by atoms with E-state index in [9.17, 15) is 14.7 Å². The van der Waals surface area contributed by atoms with Crippen molar-refractivity contribution in [2.75, 3.05) is 13.2 Å². The number of aliphatic hydroxyl groups excluding tert-OH is 1. The standard InChI is InChI=1S/C25H26BrNO4/c1-17(2)31-16-6-15-27-23(19-10-12-20(26)13-11-19)22(24(29)25(27)30)21(28)14-9-18-7-4-3-5-8-18/h3-5,7-14,17,23,29H,6,15-16H2,1-2H3/b14-9+/t23-/m1/s1. The van der Waals surface area contributed by atoms with Gasteiger partial charge in [-0.05, 0) is 49.6 Å². The molecule has 0 aromatic heterocycles. The first-order chi connectivity index (χ1) is 14.9. The second kappa shape index (κ2) is 10.6. The Balaban J connectivity index is 1.89. The Labute approximate surface area is 191 Å². The number of allylic oxidation sites excluding steroid dienone is 1. The van der Waals surface area contributed by atoms with Gasteiger partial charge in [-0.1, -0.05) is 64.5 Å². The van der Waals surface area contributed by atoms with E-state index in [4.69, 9.17) is 4.74 Å². The molecule has 3 rings (SSSR count). The van der Waals surface area contributed by atoms with Gasteiger partial charge in [0.1, 0.15) is 0 Å². The predicted molar refractivity (Wildman–Crippen MR) is 124 cm³/mol. The van der Waals surface area contributed by atoms with Gasteiger partial charge in [0, 0.05) is 17.6 Å². The number of aliphatic hydroxyl groups is 1. The van der Waals surface area contributed by atoms with Crippen LogP contribution in [0.2, 0.25) is 0 Å². The number of hydrogen-bond donors (Lipinski definition) is 1. The summed E-state index contributed by atoms with van der Waals surface area (Å²) in [5.74, 6) is -1.40. The zero-order valence-corrected chi connectivity index (χ0v) is 19.2. The van der Waals surface area contributed by atoms with Crippen molar-refractivity contribution in [3.8, 4) is 0 Å². The Hall–Kier alpha value is -2.70. The van der Waals surface area contributed by atoms with Gasteiger partial charge >= 0.3 is 0 Å². The molecule has 6 heteroatoms. The first-order valence-corrected chi connectivity index (χ1v) is 11.1. The van der Waals surface area contributed by atoms with E-state index < -0.39 is 17.7 Å². The molecule has 0 saturated carbocycles. The molecule has 0 unspecified atom stereocenters. The summed E-state index contributed by atoms with van der Waals surface area (Å²) >= 11 is 3.42. The minimum Gasteiger partial charge on any atom is -0.503 e. The summed E-state index contributed by atoms with van der Waals surface area (Å²) in [6, 6.07) is 16.2. The van der Waals surface area contributed by atoms with E-state index in [2.05, 4.69) is 15.9 Å². The Morgan fingerprint density at radius 2 is 1.84 bits per heavy atom. The summed E-state index contributed by atoms with van der Waals surface area (Å²) in [5.41, 5.74) is 1.73. The Morgan fingerprint density at radius 3 is 2.48 bits per heavy atom. The topological polar surface area (TPSA) is 66.8 Å². The van der Waals surface area contributed by atoms with Gasteiger partial charge in [0.2, 0.25) is 0 Å². The van der Waals surface area contributed by atoms with E-state index in [0.29, 0.717) is 19.6 Å². The fourth-order valence-corrected chi connectivity index (χ4v) is 3.77. The van der Waals surface area contributed by atoms with Crippen LogP contribution in [0.4, 0.5) is 0 Å². The minimum absolute atomic E-state index is 0.100. The van der Waals surface area contributed by atoms with Crippen molar-refractivity contribution in [1.82, 2.24) is 4.90 Å². The number of ether oxygens (including phenoxy) is 1. The lowest BCUT2D eigenvalue weighted by Gasteiger charge is -2.26. The monoisotopic (exact) mass is 483 g/mol. The molecule has 1 aliphatic rings. The zero-order chi connectivity index (χ0) is 22.4. The van der Waals surface area contributed by atoms with Crippen molar-refractivity contribution in [2.45, 2.75) is 32.4 Å². The first-order valence-electron chi connectivity index (χ1n) is 10.3. The molecule has 162 valence electrons. The smallest absolute Gasteiger partial charge is 0.290 e. The molecule has 2 aromatic carbocycles. The van der Waals surface area contributed by atoms with Crippen molar-refractivity contribution in [1.29, 1.82) is 0 Å². The predicted octanol–water partition coefficient (Wildman–Crippen LogP) is 5.24. The lowest BCUT2D eigenvalue weighted by Crippen LogP contribution is -2.32. The molecule has 1 atom stereocenters. The maximum atomic E-state index is 13.1. The fourth-order valence-electron chi connectivity index (χ4n) is 3.51. The third-order valence-electron chi connectivity index (χ3n) is 4.98. The van der Waals surface area contributed by atoms with Crippen molar-refractivity contribution >= 4 is 33.7 Å². The van der Waals surface area contributed by atoms with E-state index in [1.165, 1.54) is 6.08 Å². The minimum atomic E-state index is -0.646. The van der Waals surface area contributed by atoms with Crippen LogP contribution in [0.25, 0.3) is 6.08 Å². The molecule has 0 radical (unpaired) electrons. The van der Waals surface area contributed by atoms with Gasteiger partial charge in [0.15, 0.2) is 11.5 Å². The number of nitrogens with zero attached hydrogens (tertiary/aromatic N) is 1. The van der Waals surface area contributed by atoms with Crippen LogP contribution in [-0.2, 0) is 14.3 Å². The van der Waals surface area contributed by atoms with Crippen LogP contribution in [0.5, 0.6) is 0 Å². The zero-order valence-electron chi connectivity index (χ0n) is 17.6. The van der Waals surface area contributed by atoms with Crippen molar-refractivity contribution < 1.29 is 19.4 Å². The van der Waals surface area contributed by atoms with Crippen molar-refractivity contribution in [3.05, 3.63) is 87.6 Å². The van der Waals surface area contributed by atoms with Gasteiger partial charge in [-0.2, -0.15) is 0 Å². The third-order valence-corrected chi connectivity index (χ3v) is 5.50. The average Bonchev–Trinajstić information content (AvgIpc) is 3.01. The summed E-state index contributed by atoms with van der Waals surface area (Å²) in [6.07, 6.45) is 3.80. The van der Waals surface area contributed by atoms with Crippen LogP contribution in [0.3, 0.4) is 0 Å². The van der Waals surface area contributed by atoms with Gasteiger partial charge in [-0.25, -0.2) is 0 Å². The number of ketones is 1. The Bertz CT molecular complexity index is 980. The lowest BCUT2D eigenvalue weighted by molar-refractivity contribution is -0.129. The van der Waals surface area contributed by atoms with E-state index in [0.717, 1.165) is 15.6 Å². The highest BCUT2D eigenvalue weighted by Crippen LogP contribution is 2.38. The largest absolute Gasteiger partial charge is 0.503 e. The number of halogens is 1. The van der Waals surface area contributed by atoms with Crippen LogP contribution in [0, 0.1) is 0 Å². The fraction of sp³-hybridized carbons (Fsp3) is 0.280. The first kappa shape index (κ1) is 23.0. The summed E-state index contributed by atoms with van der Waals surface area (Å²) in [6.45, 7) is 4.77. The van der Waals surface area contributed by atoms with E-state index >= 15 is 0 Å². The van der Waals surface area contributed by atoms with Gasteiger partial charge in [0.05, 0.1) is 17.7 Å². The molecule has 0 spiro atoms. The molecule has 31 heavy (non-hydrogen) atoms. The SMILES string of the molecule is CC(C)OCCCN1C(=O)C(O)=C(C(=O)/C=C/c2ccccc2)[C@H]1c1ccc(Br)cc1. The quantitative estimate of drug-likeness (QED) is 0.391. The van der Waals surface area contributed by atoms with Crippen LogP contribution in [-0.4, -0.2) is 41.0 Å². The van der Waals surface area contributed by atoms with Crippen LogP contribution in [0.1, 0.15) is 37.4 Å². The lowest BCUT2D eigenvalue weighted by atomic mass is 9.95. The highest BCUT2D eigenvalue weighted by atomic mass is 79.9. The van der Waals surface area contributed by atoms with Gasteiger partial charge in [0.25, 0.3) is 5.91 Å². The summed E-state index contributed by atoms with van der Waals surface area (Å²) in [5, 5.41) is 10.6. The van der Waals surface area contributed by atoms with Gasteiger partial charge in [-0.15, -0.1) is 0 Å². The molecular weight excluding hydrogens is 458 g/mol. The second-order valence-corrected chi connectivity index (χ2v) is 8.51. The number of hydrogen-bond acceptors (Lipinski definition) is 4. The molecule has 0 fully saturated rings. The average molecular weight is 484 g/mol. The number of benzene rings is 2. The molecule has 0 aliphatic carbocycles. The molecule has 1 N–H and O–H groups in total. The van der Waals surface area contributed by atoms with E-state index in [1.807, 2.05) is 68.4 Å². The highest BCUT2D eigenvalue weighted by molar-refractivity contribution is 9.10. The van der Waals surface area contributed by atoms with Gasteiger partial charge in [-0.3, -0.25) is 9.59 Å². The van der Waals surface area contributed by atoms with E-state index in [-0.39, 0.29) is 17.5 Å². The Morgan fingerprint density at radius 1 is 1.16 bits per heavy atom. The molecule has 1 heterocycles. The van der Waals surface area contributed by atoms with Crippen LogP contribution < -0.4 is 0 Å². The van der Waals surface area contributed by atoms with Crippen molar-refractivity contribution in [3.63, 3.8) is 0 Å². The maximum absolute atomic E-state index is 13.1. The second-order valence-electron chi connectivity index (χ2n) is 7.60. The Kier molecular flexibility index (Phi) is 7.82. The van der Waals surface area contributed by atoms with Crippen LogP contribution >= 0.6 is 15.9 Å². The summed E-state index contributed by atoms with van der Waals surface area (Å²) in [4.78, 5) is 27.5. The maximum Gasteiger partial charge on any atom is 0.290 e. The molecule has 5 nitrogen and oxygen atoms in total. The highest BCUT2D eigenvalue weighted by Gasteiger charge is 2.42. The number of amides is 1. The summed E-state index contributed by atoms with van der Waals surface area (Å²) < 4.78 is 6.48. The van der Waals surface area contributed by atoms with E-state index in [1.54, 1.807) is 11.0 Å². The molecule has 2 aromatic rings. The van der Waals surface area contributed by atoms with Gasteiger partial charge < -0.3 is 14.7 Å². The molecule has 1 aliphatic heterocycles.